The summed E-state index contributed by atoms with van der Waals surface area (Å²) in [5, 5.41) is 2.43. The molecule has 0 saturated heterocycles. The largest absolute Gasteiger partial charge is 0.469 e. The second-order valence-electron chi connectivity index (χ2n) is 3.64. The summed E-state index contributed by atoms with van der Waals surface area (Å²) in [5.41, 5.74) is 6.28. The van der Waals surface area contributed by atoms with Gasteiger partial charge in [0.05, 0.1) is 11.3 Å². The summed E-state index contributed by atoms with van der Waals surface area (Å²) in [6.45, 7) is 1.72. The van der Waals surface area contributed by atoms with Gasteiger partial charge in [0.25, 0.3) is 5.91 Å². The van der Waals surface area contributed by atoms with Crippen molar-refractivity contribution in [3.8, 4) is 0 Å². The lowest BCUT2D eigenvalue weighted by Gasteiger charge is -2.05. The smallest absolute Gasteiger partial charge is 0.259 e. The fourth-order valence-corrected chi connectivity index (χ4v) is 1.40. The summed E-state index contributed by atoms with van der Waals surface area (Å²) < 4.78 is 18.4. The summed E-state index contributed by atoms with van der Waals surface area (Å²) in [6, 6.07) is 5.55. The van der Waals surface area contributed by atoms with Crippen LogP contribution in [0.25, 0.3) is 0 Å². The quantitative estimate of drug-likeness (QED) is 0.784. The Labute approximate surface area is 97.2 Å². The van der Waals surface area contributed by atoms with Crippen molar-refractivity contribution in [2.45, 2.75) is 6.92 Å². The minimum Gasteiger partial charge on any atom is -0.469 e. The zero-order chi connectivity index (χ0) is 12.4. The number of amides is 1. The molecule has 0 radical (unpaired) electrons. The summed E-state index contributed by atoms with van der Waals surface area (Å²) in [6.07, 6.45) is 1.31. The Kier molecular flexibility index (Phi) is 2.82. The summed E-state index contributed by atoms with van der Waals surface area (Å²) in [7, 11) is 0. The van der Waals surface area contributed by atoms with Gasteiger partial charge in [0, 0.05) is 5.69 Å². The van der Waals surface area contributed by atoms with E-state index < -0.39 is 11.7 Å². The van der Waals surface area contributed by atoms with Crippen LogP contribution in [0.3, 0.4) is 0 Å². The number of hydrogen-bond donors (Lipinski definition) is 2. The van der Waals surface area contributed by atoms with Crippen LogP contribution in [0.5, 0.6) is 0 Å². The number of nitrogens with two attached hydrogens (primary N) is 1. The van der Waals surface area contributed by atoms with Crippen LogP contribution in [0.4, 0.5) is 15.8 Å². The second kappa shape index (κ2) is 4.29. The van der Waals surface area contributed by atoms with Crippen LogP contribution in [0.15, 0.2) is 34.9 Å². The standard InChI is InChI=1S/C12H11FN2O2/c1-7-4-8(6-17-7)12(16)15-11-5-9(14)2-3-10(11)13/h2-6H,14H2,1H3,(H,15,16). The first kappa shape index (κ1) is 11.2. The number of anilines is 2. The maximum absolute atomic E-state index is 13.4. The number of carbonyl (C=O) groups is 1. The molecule has 88 valence electrons. The van der Waals surface area contributed by atoms with E-state index in [1.807, 2.05) is 0 Å². The summed E-state index contributed by atoms with van der Waals surface area (Å²) in [5.74, 6) is -0.359. The molecule has 2 aromatic rings. The van der Waals surface area contributed by atoms with Crippen LogP contribution >= 0.6 is 0 Å². The van der Waals surface area contributed by atoms with Crippen LogP contribution in [0, 0.1) is 12.7 Å². The van der Waals surface area contributed by atoms with Gasteiger partial charge in [0.2, 0.25) is 0 Å². The van der Waals surface area contributed by atoms with Gasteiger partial charge in [-0.2, -0.15) is 0 Å². The van der Waals surface area contributed by atoms with Gasteiger partial charge in [-0.15, -0.1) is 0 Å². The summed E-state index contributed by atoms with van der Waals surface area (Å²) >= 11 is 0. The number of nitrogens with one attached hydrogen (secondary N) is 1. The van der Waals surface area contributed by atoms with Crippen molar-refractivity contribution in [1.82, 2.24) is 0 Å². The first-order chi connectivity index (χ1) is 8.06. The molecule has 0 bridgehead atoms. The molecule has 1 amide bonds. The average molecular weight is 234 g/mol. The molecule has 0 saturated carbocycles. The Balaban J connectivity index is 2.21. The zero-order valence-corrected chi connectivity index (χ0v) is 9.16. The molecule has 1 aromatic carbocycles. The molecule has 2 rings (SSSR count). The number of hydrogen-bond acceptors (Lipinski definition) is 3. The van der Waals surface area contributed by atoms with E-state index in [1.165, 1.54) is 24.5 Å². The van der Waals surface area contributed by atoms with Crippen molar-refractivity contribution in [3.05, 3.63) is 47.7 Å². The molecule has 0 atom stereocenters. The molecule has 0 aliphatic rings. The van der Waals surface area contributed by atoms with Crippen LogP contribution in [0.2, 0.25) is 0 Å². The van der Waals surface area contributed by atoms with Crippen molar-refractivity contribution >= 4 is 17.3 Å². The summed E-state index contributed by atoms with van der Waals surface area (Å²) in [4.78, 5) is 11.7. The van der Waals surface area contributed by atoms with E-state index in [0.717, 1.165) is 0 Å². The zero-order valence-electron chi connectivity index (χ0n) is 9.16. The topological polar surface area (TPSA) is 68.3 Å². The van der Waals surface area contributed by atoms with Crippen molar-refractivity contribution in [2.75, 3.05) is 11.1 Å². The molecule has 0 unspecified atom stereocenters. The van der Waals surface area contributed by atoms with Gasteiger partial charge in [-0.1, -0.05) is 0 Å². The predicted octanol–water partition coefficient (Wildman–Crippen LogP) is 2.56. The predicted molar refractivity (Wildman–Crippen MR) is 62.2 cm³/mol. The highest BCUT2D eigenvalue weighted by molar-refractivity contribution is 6.04. The molecule has 0 aliphatic heterocycles. The van der Waals surface area contributed by atoms with Gasteiger partial charge in [-0.25, -0.2) is 4.39 Å². The van der Waals surface area contributed by atoms with Crippen LogP contribution in [0.1, 0.15) is 16.1 Å². The maximum Gasteiger partial charge on any atom is 0.259 e. The lowest BCUT2D eigenvalue weighted by Crippen LogP contribution is -2.12. The number of rotatable bonds is 2. The van der Waals surface area contributed by atoms with E-state index in [1.54, 1.807) is 13.0 Å². The van der Waals surface area contributed by atoms with Crippen LogP contribution < -0.4 is 11.1 Å². The SMILES string of the molecule is Cc1cc(C(=O)Nc2cc(N)ccc2F)co1. The van der Waals surface area contributed by atoms with Gasteiger partial charge in [0.1, 0.15) is 17.8 Å². The Hall–Kier alpha value is -2.30. The minimum atomic E-state index is -0.534. The number of carbonyl (C=O) groups excluding carboxylic acids is 1. The van der Waals surface area contributed by atoms with Crippen LogP contribution in [-0.2, 0) is 0 Å². The number of furan rings is 1. The van der Waals surface area contributed by atoms with Gasteiger partial charge >= 0.3 is 0 Å². The third-order valence-corrected chi connectivity index (χ3v) is 2.23. The normalized spacial score (nSPS) is 10.2. The fraction of sp³-hybridized carbons (Fsp3) is 0.0833. The average Bonchev–Trinajstić information content (AvgIpc) is 2.70. The van der Waals surface area contributed by atoms with Crippen molar-refractivity contribution in [2.24, 2.45) is 0 Å². The molecule has 3 N–H and O–H groups in total. The highest BCUT2D eigenvalue weighted by Crippen LogP contribution is 2.18. The fourth-order valence-electron chi connectivity index (χ4n) is 1.40. The molecule has 1 aromatic heterocycles. The maximum atomic E-state index is 13.4. The second-order valence-corrected chi connectivity index (χ2v) is 3.64. The van der Waals surface area contributed by atoms with E-state index in [-0.39, 0.29) is 5.69 Å². The minimum absolute atomic E-state index is 0.0499. The Bertz CT molecular complexity index is 563. The first-order valence-corrected chi connectivity index (χ1v) is 4.98. The molecular formula is C12H11FN2O2. The molecule has 1 heterocycles. The van der Waals surface area contributed by atoms with Gasteiger partial charge in [0.15, 0.2) is 0 Å². The van der Waals surface area contributed by atoms with Gasteiger partial charge < -0.3 is 15.5 Å². The third-order valence-electron chi connectivity index (χ3n) is 2.23. The molecule has 0 aliphatic carbocycles. The molecule has 5 heteroatoms. The third kappa shape index (κ3) is 2.44. The molecule has 0 fully saturated rings. The highest BCUT2D eigenvalue weighted by atomic mass is 19.1. The molecular weight excluding hydrogens is 223 g/mol. The van der Waals surface area contributed by atoms with Crippen molar-refractivity contribution in [1.29, 1.82) is 0 Å². The first-order valence-electron chi connectivity index (χ1n) is 4.98. The molecule has 17 heavy (non-hydrogen) atoms. The van der Waals surface area contributed by atoms with Gasteiger partial charge in [-0.05, 0) is 31.2 Å². The van der Waals surface area contributed by atoms with Gasteiger partial charge in [-0.3, -0.25) is 4.79 Å². The van der Waals surface area contributed by atoms with Crippen molar-refractivity contribution < 1.29 is 13.6 Å². The number of aryl methyl sites for hydroxylation is 1. The number of halogens is 1. The number of nitrogen functional groups attached to an aromatic ring is 1. The Morgan fingerprint density at radius 2 is 2.18 bits per heavy atom. The highest BCUT2D eigenvalue weighted by Gasteiger charge is 2.11. The van der Waals surface area contributed by atoms with E-state index in [2.05, 4.69) is 5.32 Å². The molecule has 4 nitrogen and oxygen atoms in total. The Morgan fingerprint density at radius 1 is 1.41 bits per heavy atom. The van der Waals surface area contributed by atoms with Crippen molar-refractivity contribution in [3.63, 3.8) is 0 Å². The van der Waals surface area contributed by atoms with E-state index in [0.29, 0.717) is 17.0 Å². The van der Waals surface area contributed by atoms with Crippen LogP contribution in [-0.4, -0.2) is 5.91 Å². The monoisotopic (exact) mass is 234 g/mol. The number of benzene rings is 1. The lowest BCUT2D eigenvalue weighted by atomic mass is 10.2. The van der Waals surface area contributed by atoms with E-state index in [4.69, 9.17) is 10.2 Å². The van der Waals surface area contributed by atoms with E-state index >= 15 is 0 Å². The van der Waals surface area contributed by atoms with E-state index in [9.17, 15) is 9.18 Å². The molecule has 0 spiro atoms. The Morgan fingerprint density at radius 3 is 2.82 bits per heavy atom. The lowest BCUT2D eigenvalue weighted by molar-refractivity contribution is 0.102.